The molecule has 1 heterocycles. The van der Waals surface area contributed by atoms with Crippen molar-refractivity contribution in [2.24, 2.45) is 0 Å². The number of hydrogen-bond donors (Lipinski definition) is 3. The van der Waals surface area contributed by atoms with Gasteiger partial charge in [0.2, 0.25) is 0 Å². The average molecular weight is 410 g/mol. The zero-order chi connectivity index (χ0) is 22.4. The number of anilines is 1. The minimum absolute atomic E-state index is 0.271. The highest BCUT2D eigenvalue weighted by Gasteiger charge is 2.39. The molecule has 1 saturated heterocycles. The minimum atomic E-state index is -0.467. The molecule has 0 saturated carbocycles. The van der Waals surface area contributed by atoms with Crippen LogP contribution in [0.2, 0.25) is 0 Å². The smallest absolute Gasteiger partial charge is 0.325 e. The van der Waals surface area contributed by atoms with Crippen LogP contribution in [0.5, 0.6) is 5.75 Å². The summed E-state index contributed by atoms with van der Waals surface area (Å²) in [5, 5.41) is 13.8. The molecule has 160 valence electrons. The first-order chi connectivity index (χ1) is 13.8. The van der Waals surface area contributed by atoms with E-state index in [0.29, 0.717) is 17.8 Å². The van der Waals surface area contributed by atoms with Gasteiger partial charge in [0.05, 0.1) is 6.04 Å². The summed E-state index contributed by atoms with van der Waals surface area (Å²) in [6.45, 7) is 12.5. The maximum absolute atomic E-state index is 13.2. The molecule has 0 radical (unpaired) electrons. The quantitative estimate of drug-likeness (QED) is 0.638. The Bertz CT molecular complexity index is 947. The summed E-state index contributed by atoms with van der Waals surface area (Å²) in [5.74, 6) is -0.106. The summed E-state index contributed by atoms with van der Waals surface area (Å²) < 4.78 is 0. The Balaban J connectivity index is 2.12. The van der Waals surface area contributed by atoms with Gasteiger partial charge in [-0.3, -0.25) is 9.69 Å². The van der Waals surface area contributed by atoms with Gasteiger partial charge in [-0.2, -0.15) is 0 Å². The number of phenols is 1. The molecule has 1 fully saturated rings. The Morgan fingerprint density at radius 1 is 1.03 bits per heavy atom. The molecule has 0 aromatic heterocycles. The van der Waals surface area contributed by atoms with Crippen LogP contribution >= 0.6 is 0 Å². The van der Waals surface area contributed by atoms with Crippen molar-refractivity contribution >= 4 is 17.6 Å². The molecule has 0 bridgehead atoms. The lowest BCUT2D eigenvalue weighted by atomic mass is 9.77. The molecule has 1 atom stereocenters. The summed E-state index contributed by atoms with van der Waals surface area (Å²) >= 11 is 0. The number of phenolic OH excluding ortho intramolecular Hbond substituents is 1. The van der Waals surface area contributed by atoms with Crippen molar-refractivity contribution in [3.8, 4) is 5.75 Å². The highest BCUT2D eigenvalue weighted by atomic mass is 16.3. The highest BCUT2D eigenvalue weighted by molar-refractivity contribution is 6.05. The molecule has 1 aliphatic rings. The average Bonchev–Trinajstić information content (AvgIpc) is 3.01. The van der Waals surface area contributed by atoms with Crippen LogP contribution in [0.4, 0.5) is 10.5 Å². The molecule has 3 amide bonds. The lowest BCUT2D eigenvalue weighted by Crippen LogP contribution is -2.36. The maximum Gasteiger partial charge on any atom is 0.325 e. The number of nitrogens with one attached hydrogen (secondary N) is 1. The predicted octanol–water partition coefficient (Wildman–Crippen LogP) is 4.48. The van der Waals surface area contributed by atoms with Gasteiger partial charge in [0.1, 0.15) is 5.75 Å². The van der Waals surface area contributed by atoms with E-state index in [1.165, 1.54) is 4.90 Å². The zero-order valence-electron chi connectivity index (χ0n) is 18.5. The third kappa shape index (κ3) is 3.99. The summed E-state index contributed by atoms with van der Waals surface area (Å²) in [6, 6.07) is 9.47. The number of imide groups is 1. The second kappa shape index (κ2) is 7.35. The lowest BCUT2D eigenvalue weighted by molar-refractivity contribution is 0.0785. The van der Waals surface area contributed by atoms with E-state index in [2.05, 4.69) is 5.32 Å². The SMILES string of the molecule is CC(C)(C)c1cc(C2CNC(=O)N2C(=O)c2ccc(N)cc2)cc(C(C)(C)C)c1O. The first-order valence-corrected chi connectivity index (χ1v) is 10.2. The molecule has 0 aliphatic carbocycles. The lowest BCUT2D eigenvalue weighted by Gasteiger charge is -2.30. The maximum atomic E-state index is 13.2. The van der Waals surface area contributed by atoms with E-state index in [1.54, 1.807) is 24.3 Å². The van der Waals surface area contributed by atoms with Crippen LogP contribution in [0.25, 0.3) is 0 Å². The van der Waals surface area contributed by atoms with Crippen molar-refractivity contribution in [3.63, 3.8) is 0 Å². The molecule has 3 rings (SSSR count). The van der Waals surface area contributed by atoms with E-state index in [0.717, 1.165) is 16.7 Å². The van der Waals surface area contributed by atoms with Crippen LogP contribution in [-0.4, -0.2) is 28.5 Å². The van der Waals surface area contributed by atoms with Crippen LogP contribution in [-0.2, 0) is 10.8 Å². The van der Waals surface area contributed by atoms with Crippen molar-refractivity contribution in [1.29, 1.82) is 0 Å². The normalized spacial score (nSPS) is 17.2. The van der Waals surface area contributed by atoms with Crippen molar-refractivity contribution < 1.29 is 14.7 Å². The molecule has 1 aliphatic heterocycles. The van der Waals surface area contributed by atoms with Gasteiger partial charge in [0.15, 0.2) is 0 Å². The van der Waals surface area contributed by atoms with Crippen molar-refractivity contribution in [2.75, 3.05) is 12.3 Å². The summed E-state index contributed by atoms with van der Waals surface area (Å²) in [6.07, 6.45) is 0. The van der Waals surface area contributed by atoms with E-state index in [4.69, 9.17) is 5.73 Å². The Kier molecular flexibility index (Phi) is 5.31. The standard InChI is InChI=1S/C24H31N3O3/c1-23(2,3)17-11-15(12-18(20(17)28)24(4,5)6)19-13-26-22(30)27(19)21(29)14-7-9-16(25)10-8-14/h7-12,19,28H,13,25H2,1-6H3,(H,26,30). The van der Waals surface area contributed by atoms with Crippen LogP contribution < -0.4 is 11.1 Å². The van der Waals surface area contributed by atoms with Gasteiger partial charge in [-0.05, 0) is 63.9 Å². The van der Waals surface area contributed by atoms with Gasteiger partial charge >= 0.3 is 6.03 Å². The summed E-state index contributed by atoms with van der Waals surface area (Å²) in [7, 11) is 0. The fourth-order valence-corrected chi connectivity index (χ4v) is 3.76. The van der Waals surface area contributed by atoms with Crippen LogP contribution in [0, 0.1) is 0 Å². The Morgan fingerprint density at radius 2 is 1.53 bits per heavy atom. The van der Waals surface area contributed by atoms with E-state index < -0.39 is 12.1 Å². The molecule has 1 unspecified atom stereocenters. The highest BCUT2D eigenvalue weighted by Crippen LogP contribution is 2.42. The van der Waals surface area contributed by atoms with Crippen molar-refractivity contribution in [3.05, 3.63) is 58.7 Å². The van der Waals surface area contributed by atoms with Crippen LogP contribution in [0.3, 0.4) is 0 Å². The van der Waals surface area contributed by atoms with Gasteiger partial charge in [-0.15, -0.1) is 0 Å². The van der Waals surface area contributed by atoms with E-state index in [9.17, 15) is 14.7 Å². The predicted molar refractivity (Wildman–Crippen MR) is 119 cm³/mol. The Hall–Kier alpha value is -3.02. The third-order valence-electron chi connectivity index (χ3n) is 5.49. The number of nitrogens with zero attached hydrogens (tertiary/aromatic N) is 1. The molecule has 2 aromatic carbocycles. The fourth-order valence-electron chi connectivity index (χ4n) is 3.76. The first kappa shape index (κ1) is 21.7. The van der Waals surface area contributed by atoms with Gasteiger partial charge in [0.25, 0.3) is 5.91 Å². The molecule has 0 spiro atoms. The van der Waals surface area contributed by atoms with Gasteiger partial charge in [0, 0.05) is 17.8 Å². The Labute approximate surface area is 178 Å². The van der Waals surface area contributed by atoms with E-state index >= 15 is 0 Å². The number of hydrogen-bond acceptors (Lipinski definition) is 4. The summed E-state index contributed by atoms with van der Waals surface area (Å²) in [4.78, 5) is 27.0. The third-order valence-corrected chi connectivity index (χ3v) is 5.49. The Morgan fingerprint density at radius 3 is 2.00 bits per heavy atom. The number of carbonyl (C=O) groups is 2. The summed E-state index contributed by atoms with van der Waals surface area (Å²) in [5.41, 5.74) is 8.49. The van der Waals surface area contributed by atoms with Gasteiger partial charge in [-0.1, -0.05) is 41.5 Å². The molecule has 6 heteroatoms. The number of rotatable bonds is 2. The number of nitrogen functional groups attached to an aromatic ring is 1. The number of carbonyl (C=O) groups excluding carboxylic acids is 2. The second-order valence-corrected chi connectivity index (χ2v) is 9.96. The minimum Gasteiger partial charge on any atom is -0.507 e. The molecule has 4 N–H and O–H groups in total. The number of urea groups is 1. The number of nitrogens with two attached hydrogens (primary N) is 1. The molecule has 2 aromatic rings. The van der Waals surface area contributed by atoms with Gasteiger partial charge in [-0.25, -0.2) is 4.79 Å². The fraction of sp³-hybridized carbons (Fsp3) is 0.417. The number of aromatic hydroxyl groups is 1. The van der Waals surface area contributed by atoms with Crippen LogP contribution in [0.1, 0.15) is 74.6 Å². The van der Waals surface area contributed by atoms with E-state index in [-0.39, 0.29) is 22.5 Å². The topological polar surface area (TPSA) is 95.7 Å². The molecule has 30 heavy (non-hydrogen) atoms. The molecular formula is C24H31N3O3. The zero-order valence-corrected chi connectivity index (χ0v) is 18.5. The van der Waals surface area contributed by atoms with Crippen molar-refractivity contribution in [2.45, 2.75) is 58.4 Å². The van der Waals surface area contributed by atoms with Crippen molar-refractivity contribution in [1.82, 2.24) is 10.2 Å². The van der Waals surface area contributed by atoms with Gasteiger partial charge < -0.3 is 16.2 Å². The largest absolute Gasteiger partial charge is 0.507 e. The number of benzene rings is 2. The van der Waals surface area contributed by atoms with Crippen LogP contribution in [0.15, 0.2) is 36.4 Å². The number of amides is 3. The molecule has 6 nitrogen and oxygen atoms in total. The first-order valence-electron chi connectivity index (χ1n) is 10.2. The molecular weight excluding hydrogens is 378 g/mol. The second-order valence-electron chi connectivity index (χ2n) is 9.96. The monoisotopic (exact) mass is 409 g/mol. The van der Waals surface area contributed by atoms with E-state index in [1.807, 2.05) is 53.7 Å².